The molecule has 6 heteroatoms. The number of rotatable bonds is 5. The molecule has 1 aliphatic heterocycles. The van der Waals surface area contributed by atoms with E-state index >= 15 is 0 Å². The molecule has 0 radical (unpaired) electrons. The second kappa shape index (κ2) is 6.54. The number of carbonyl (C=O) groups excluding carboxylic acids is 2. The van der Waals surface area contributed by atoms with Crippen molar-refractivity contribution in [3.05, 3.63) is 0 Å². The number of ether oxygens (including phenoxy) is 3. The predicted molar refractivity (Wildman–Crippen MR) is 82.2 cm³/mol. The summed E-state index contributed by atoms with van der Waals surface area (Å²) >= 11 is 0. The van der Waals surface area contributed by atoms with Gasteiger partial charge in [-0.3, -0.25) is 4.79 Å². The van der Waals surface area contributed by atoms with E-state index in [1.54, 1.807) is 13.8 Å². The summed E-state index contributed by atoms with van der Waals surface area (Å²) in [5.74, 6) is -1.19. The molecule has 1 heterocycles. The number of amides is 2. The maximum Gasteiger partial charge on any atom is 0.416 e. The number of hydrogen-bond acceptors (Lipinski definition) is 5. The first kappa shape index (κ1) is 18.9. The van der Waals surface area contributed by atoms with Crippen LogP contribution in [0.5, 0.6) is 0 Å². The van der Waals surface area contributed by atoms with Gasteiger partial charge in [-0.05, 0) is 25.2 Å². The minimum absolute atomic E-state index is 0.0672. The van der Waals surface area contributed by atoms with Crippen LogP contribution in [0.1, 0.15) is 48.5 Å². The average Bonchev–Trinajstić information content (AvgIpc) is 2.38. The fourth-order valence-electron chi connectivity index (χ4n) is 2.16. The topological polar surface area (TPSA) is 65.1 Å². The first-order valence-electron chi connectivity index (χ1n) is 7.62. The number of imide groups is 1. The van der Waals surface area contributed by atoms with E-state index in [1.165, 1.54) is 7.11 Å². The fourth-order valence-corrected chi connectivity index (χ4v) is 2.16. The van der Waals surface area contributed by atoms with Gasteiger partial charge < -0.3 is 14.2 Å². The van der Waals surface area contributed by atoms with E-state index in [4.69, 9.17) is 14.2 Å². The van der Waals surface area contributed by atoms with Gasteiger partial charge in [-0.2, -0.15) is 0 Å². The maximum absolute atomic E-state index is 12.3. The van der Waals surface area contributed by atoms with E-state index in [9.17, 15) is 9.59 Å². The lowest BCUT2D eigenvalue weighted by Gasteiger charge is -2.48. The first-order chi connectivity index (χ1) is 9.89. The van der Waals surface area contributed by atoms with Gasteiger partial charge in [-0.1, -0.05) is 34.6 Å². The Labute approximate surface area is 133 Å². The van der Waals surface area contributed by atoms with Crippen molar-refractivity contribution in [3.8, 4) is 0 Å². The van der Waals surface area contributed by atoms with Crippen molar-refractivity contribution in [2.75, 3.05) is 13.7 Å². The number of likely N-dealkylation sites (tertiary alicyclic amines) is 1. The second-order valence-electron chi connectivity index (χ2n) is 7.70. The van der Waals surface area contributed by atoms with Crippen LogP contribution in [0.2, 0.25) is 0 Å². The normalized spacial score (nSPS) is 22.8. The summed E-state index contributed by atoms with van der Waals surface area (Å²) in [7, 11) is 1.52. The van der Waals surface area contributed by atoms with Gasteiger partial charge >= 0.3 is 6.09 Å². The molecule has 0 unspecified atom stereocenters. The van der Waals surface area contributed by atoms with E-state index in [2.05, 4.69) is 0 Å². The number of hydrogen-bond donors (Lipinski definition) is 0. The summed E-state index contributed by atoms with van der Waals surface area (Å²) < 4.78 is 16.2. The summed E-state index contributed by atoms with van der Waals surface area (Å²) in [5, 5.41) is 0. The molecule has 128 valence electrons. The predicted octanol–water partition coefficient (Wildman–Crippen LogP) is 2.80. The molecule has 0 aromatic heterocycles. The number of nitrogens with zero attached hydrogens (tertiary/aromatic N) is 1. The third-order valence-electron chi connectivity index (χ3n) is 3.50. The van der Waals surface area contributed by atoms with Crippen molar-refractivity contribution < 1.29 is 23.8 Å². The Hall–Kier alpha value is -1.14. The minimum atomic E-state index is -0.880. The molecule has 0 aromatic carbocycles. The van der Waals surface area contributed by atoms with Gasteiger partial charge in [0.2, 0.25) is 0 Å². The molecule has 1 rings (SSSR count). The zero-order chi connectivity index (χ0) is 17.3. The van der Waals surface area contributed by atoms with Crippen LogP contribution in [-0.4, -0.2) is 48.5 Å². The quantitative estimate of drug-likeness (QED) is 0.576. The molecule has 22 heavy (non-hydrogen) atoms. The van der Waals surface area contributed by atoms with Crippen molar-refractivity contribution in [3.63, 3.8) is 0 Å². The summed E-state index contributed by atoms with van der Waals surface area (Å²) in [6, 6.07) is -0.339. The smallest absolute Gasteiger partial charge is 0.416 e. The Bertz CT molecular complexity index is 425. The van der Waals surface area contributed by atoms with Crippen LogP contribution in [0.25, 0.3) is 0 Å². The fraction of sp³-hybridized carbons (Fsp3) is 0.875. The Morgan fingerprint density at radius 2 is 1.77 bits per heavy atom. The molecule has 1 aliphatic rings. The van der Waals surface area contributed by atoms with Crippen LogP contribution in [0.4, 0.5) is 4.79 Å². The van der Waals surface area contributed by atoms with Gasteiger partial charge in [0, 0.05) is 7.11 Å². The average molecular weight is 315 g/mol. The highest BCUT2D eigenvalue weighted by Crippen LogP contribution is 2.33. The van der Waals surface area contributed by atoms with Crippen molar-refractivity contribution in [1.82, 2.24) is 4.90 Å². The summed E-state index contributed by atoms with van der Waals surface area (Å²) in [6.07, 6.45) is -1.29. The molecule has 0 N–H and O–H groups in total. The highest BCUT2D eigenvalue weighted by Gasteiger charge is 2.55. The van der Waals surface area contributed by atoms with E-state index in [0.29, 0.717) is 0 Å². The van der Waals surface area contributed by atoms with Gasteiger partial charge in [0.25, 0.3) is 5.91 Å². The third kappa shape index (κ3) is 4.43. The molecule has 0 saturated carbocycles. The number of methoxy groups -OCH3 is 1. The molecular weight excluding hydrogens is 286 g/mol. The van der Waals surface area contributed by atoms with Crippen molar-refractivity contribution >= 4 is 12.0 Å². The molecule has 1 fully saturated rings. The van der Waals surface area contributed by atoms with Crippen LogP contribution in [0.3, 0.4) is 0 Å². The Morgan fingerprint density at radius 1 is 1.23 bits per heavy atom. The standard InChI is InChI=1S/C16H29NO5/c1-10(2)11-12(22-16(6,7)20-8)13(18)17(11)14(19)21-9-15(3,4)5/h10-12H,9H2,1-8H3/t11-,12+/m0/s1. The molecule has 0 bridgehead atoms. The Morgan fingerprint density at radius 3 is 2.18 bits per heavy atom. The Balaban J connectivity index is 2.77. The lowest BCUT2D eigenvalue weighted by atomic mass is 9.88. The molecule has 1 saturated heterocycles. The van der Waals surface area contributed by atoms with Crippen LogP contribution >= 0.6 is 0 Å². The first-order valence-corrected chi connectivity index (χ1v) is 7.62. The van der Waals surface area contributed by atoms with Crippen LogP contribution in [0.15, 0.2) is 0 Å². The van der Waals surface area contributed by atoms with Gasteiger partial charge in [0.05, 0.1) is 12.6 Å². The zero-order valence-electron chi connectivity index (χ0n) is 14.9. The third-order valence-corrected chi connectivity index (χ3v) is 3.50. The second-order valence-corrected chi connectivity index (χ2v) is 7.70. The van der Waals surface area contributed by atoms with Gasteiger partial charge in [-0.15, -0.1) is 0 Å². The van der Waals surface area contributed by atoms with Crippen molar-refractivity contribution in [1.29, 1.82) is 0 Å². The molecule has 0 aliphatic carbocycles. The molecule has 0 spiro atoms. The molecular formula is C16H29NO5. The Kier molecular flexibility index (Phi) is 5.62. The highest BCUT2D eigenvalue weighted by atomic mass is 16.7. The molecule has 2 amide bonds. The number of β-lactam (4-membered cyclic amide) rings is 1. The SMILES string of the molecule is COC(C)(C)O[C@H]1C(=O)N(C(=O)OCC(C)(C)C)[C@H]1C(C)C. The molecule has 6 nitrogen and oxygen atoms in total. The maximum atomic E-state index is 12.3. The lowest BCUT2D eigenvalue weighted by Crippen LogP contribution is -2.70. The van der Waals surface area contributed by atoms with E-state index < -0.39 is 18.0 Å². The van der Waals surface area contributed by atoms with Crippen molar-refractivity contribution in [2.24, 2.45) is 11.3 Å². The van der Waals surface area contributed by atoms with Crippen LogP contribution in [0, 0.1) is 11.3 Å². The van der Waals surface area contributed by atoms with Gasteiger partial charge in [0.15, 0.2) is 11.9 Å². The summed E-state index contributed by atoms with van der Waals surface area (Å²) in [4.78, 5) is 25.6. The number of carbonyl (C=O) groups is 2. The van der Waals surface area contributed by atoms with Crippen LogP contribution < -0.4 is 0 Å². The molecule has 2 atom stereocenters. The lowest BCUT2D eigenvalue weighted by molar-refractivity contribution is -0.253. The zero-order valence-corrected chi connectivity index (χ0v) is 14.9. The minimum Gasteiger partial charge on any atom is -0.449 e. The molecule has 0 aromatic rings. The van der Waals surface area contributed by atoms with E-state index in [-0.39, 0.29) is 29.9 Å². The van der Waals surface area contributed by atoms with Crippen LogP contribution in [-0.2, 0) is 19.0 Å². The highest BCUT2D eigenvalue weighted by molar-refractivity contribution is 6.01. The largest absolute Gasteiger partial charge is 0.449 e. The summed E-state index contributed by atoms with van der Waals surface area (Å²) in [5.41, 5.74) is -0.148. The van der Waals surface area contributed by atoms with Gasteiger partial charge in [-0.25, -0.2) is 9.69 Å². The van der Waals surface area contributed by atoms with E-state index in [0.717, 1.165) is 4.90 Å². The van der Waals surface area contributed by atoms with E-state index in [1.807, 2.05) is 34.6 Å². The monoisotopic (exact) mass is 315 g/mol. The summed E-state index contributed by atoms with van der Waals surface area (Å²) in [6.45, 7) is 13.5. The van der Waals surface area contributed by atoms with Crippen molar-refractivity contribution in [2.45, 2.75) is 66.4 Å². The van der Waals surface area contributed by atoms with Gasteiger partial charge in [0.1, 0.15) is 0 Å².